The van der Waals surface area contributed by atoms with Crippen LogP contribution in [-0.4, -0.2) is 40.3 Å². The number of likely N-dealkylation sites (tertiary alicyclic amines) is 1. The van der Waals surface area contributed by atoms with Gasteiger partial charge in [-0.3, -0.25) is 4.90 Å². The monoisotopic (exact) mass is 497 g/mol. The van der Waals surface area contributed by atoms with Gasteiger partial charge in [-0.1, -0.05) is 23.7 Å². The highest BCUT2D eigenvalue weighted by molar-refractivity contribution is 6.30. The van der Waals surface area contributed by atoms with Crippen LogP contribution in [0.4, 0.5) is 4.39 Å². The molecule has 0 saturated carbocycles. The van der Waals surface area contributed by atoms with E-state index in [1.165, 1.54) is 6.07 Å². The number of hydrogen-bond acceptors (Lipinski definition) is 5. The first-order chi connectivity index (χ1) is 17.0. The Kier molecular flexibility index (Phi) is 5.95. The van der Waals surface area contributed by atoms with E-state index in [0.29, 0.717) is 28.4 Å². The number of hydrogen-bond donors (Lipinski definition) is 0. The SMILES string of the molecule is C[C@]1(c2ccc(Cl)cc2F)Oc2cccc(C3CCN(Cc4nccn4C[C@@H]4CCO4)CC3)c2O1. The molecule has 184 valence electrons. The third-order valence-corrected chi connectivity index (χ3v) is 7.65. The first-order valence-corrected chi connectivity index (χ1v) is 12.7. The van der Waals surface area contributed by atoms with Crippen molar-refractivity contribution in [2.45, 2.75) is 57.1 Å². The normalized spacial score (nSPS) is 24.5. The maximum absolute atomic E-state index is 14.7. The molecule has 2 saturated heterocycles. The van der Waals surface area contributed by atoms with Gasteiger partial charge in [-0.25, -0.2) is 9.37 Å². The first-order valence-electron chi connectivity index (χ1n) is 12.3. The molecule has 0 bridgehead atoms. The summed E-state index contributed by atoms with van der Waals surface area (Å²) in [4.78, 5) is 7.06. The molecular weight excluding hydrogens is 469 g/mol. The average Bonchev–Trinajstić information content (AvgIpc) is 3.40. The van der Waals surface area contributed by atoms with Crippen LogP contribution in [0.1, 0.15) is 49.1 Å². The van der Waals surface area contributed by atoms with Crippen LogP contribution in [0.15, 0.2) is 48.8 Å². The lowest BCUT2D eigenvalue weighted by Crippen LogP contribution is -2.35. The summed E-state index contributed by atoms with van der Waals surface area (Å²) in [6.07, 6.45) is 7.40. The largest absolute Gasteiger partial charge is 0.444 e. The van der Waals surface area contributed by atoms with Crippen molar-refractivity contribution in [2.75, 3.05) is 19.7 Å². The minimum absolute atomic E-state index is 0.322. The molecule has 0 radical (unpaired) electrons. The lowest BCUT2D eigenvalue weighted by Gasteiger charge is -2.33. The molecule has 0 N–H and O–H groups in total. The third-order valence-electron chi connectivity index (χ3n) is 7.42. The van der Waals surface area contributed by atoms with Crippen LogP contribution >= 0.6 is 11.6 Å². The van der Waals surface area contributed by atoms with E-state index in [2.05, 4.69) is 26.7 Å². The molecule has 35 heavy (non-hydrogen) atoms. The average molecular weight is 498 g/mol. The highest BCUT2D eigenvalue weighted by atomic mass is 35.5. The van der Waals surface area contributed by atoms with Gasteiger partial charge < -0.3 is 18.8 Å². The summed E-state index contributed by atoms with van der Waals surface area (Å²) in [5.41, 5.74) is 1.46. The second kappa shape index (κ2) is 9.12. The predicted molar refractivity (Wildman–Crippen MR) is 130 cm³/mol. The molecule has 6 rings (SSSR count). The van der Waals surface area contributed by atoms with Gasteiger partial charge in [-0.05, 0) is 62.5 Å². The minimum atomic E-state index is -1.23. The second-order valence-electron chi connectivity index (χ2n) is 9.78. The van der Waals surface area contributed by atoms with Crippen molar-refractivity contribution in [2.24, 2.45) is 0 Å². The summed E-state index contributed by atoms with van der Waals surface area (Å²) in [6, 6.07) is 10.6. The summed E-state index contributed by atoms with van der Waals surface area (Å²) in [5.74, 6) is 1.16. The predicted octanol–water partition coefficient (Wildman–Crippen LogP) is 5.49. The summed E-state index contributed by atoms with van der Waals surface area (Å²) in [6.45, 7) is 6.30. The molecule has 3 aliphatic heterocycles. The van der Waals surface area contributed by atoms with Crippen molar-refractivity contribution >= 4 is 11.6 Å². The van der Waals surface area contributed by atoms with E-state index < -0.39 is 11.6 Å². The maximum Gasteiger partial charge on any atom is 0.278 e. The lowest BCUT2D eigenvalue weighted by molar-refractivity contribution is -0.0712. The Morgan fingerprint density at radius 2 is 1.97 bits per heavy atom. The van der Waals surface area contributed by atoms with Gasteiger partial charge in [0.15, 0.2) is 11.5 Å². The summed E-state index contributed by atoms with van der Waals surface area (Å²) in [5, 5.41) is 0.344. The Balaban J connectivity index is 1.13. The molecule has 8 heteroatoms. The van der Waals surface area contributed by atoms with Crippen LogP contribution in [0.3, 0.4) is 0 Å². The Bertz CT molecular complexity index is 1220. The zero-order valence-electron chi connectivity index (χ0n) is 19.8. The van der Waals surface area contributed by atoms with E-state index in [4.69, 9.17) is 25.8 Å². The van der Waals surface area contributed by atoms with Crippen LogP contribution in [0.25, 0.3) is 0 Å². The molecule has 0 amide bonds. The van der Waals surface area contributed by atoms with Crippen LogP contribution in [0.5, 0.6) is 11.5 Å². The third kappa shape index (κ3) is 4.41. The fourth-order valence-corrected chi connectivity index (χ4v) is 5.50. The molecule has 3 aliphatic rings. The standard InChI is InChI=1S/C27H29ClFN3O3/c1-27(22-6-5-19(28)15-23(22)29)34-24-4-2-3-21(26(24)35-27)18-7-11-31(12-8-18)17-25-30-10-13-32(25)16-20-9-14-33-20/h2-6,10,13,15,18,20H,7-9,11-12,14,16-17H2,1H3/t20-,27-/m0/s1. The summed E-state index contributed by atoms with van der Waals surface area (Å²) < 4.78 is 35.0. The molecule has 6 nitrogen and oxygen atoms in total. The van der Waals surface area contributed by atoms with Gasteiger partial charge >= 0.3 is 0 Å². The highest BCUT2D eigenvalue weighted by Crippen LogP contribution is 2.49. The topological polar surface area (TPSA) is 48.8 Å². The van der Waals surface area contributed by atoms with Gasteiger partial charge in [0.05, 0.1) is 24.8 Å². The quantitative estimate of drug-likeness (QED) is 0.451. The number of benzene rings is 2. The van der Waals surface area contributed by atoms with Crippen molar-refractivity contribution in [3.05, 3.63) is 76.6 Å². The highest BCUT2D eigenvalue weighted by Gasteiger charge is 2.43. The molecule has 2 fully saturated rings. The van der Waals surface area contributed by atoms with Crippen molar-refractivity contribution in [1.82, 2.24) is 14.5 Å². The fourth-order valence-electron chi connectivity index (χ4n) is 5.34. The number of ether oxygens (including phenoxy) is 3. The number of aromatic nitrogens is 2. The number of piperidine rings is 1. The molecule has 0 spiro atoms. The van der Waals surface area contributed by atoms with Crippen LogP contribution in [0.2, 0.25) is 5.02 Å². The van der Waals surface area contributed by atoms with Gasteiger partial charge in [0.25, 0.3) is 5.79 Å². The number of imidazole rings is 1. The summed E-state index contributed by atoms with van der Waals surface area (Å²) >= 11 is 5.94. The number of fused-ring (bicyclic) bond motifs is 1. The van der Waals surface area contributed by atoms with E-state index in [1.807, 2.05) is 18.3 Å². The van der Waals surface area contributed by atoms with Crippen LogP contribution < -0.4 is 9.47 Å². The minimum Gasteiger partial charge on any atom is -0.444 e. The van der Waals surface area contributed by atoms with Crippen molar-refractivity contribution in [3.63, 3.8) is 0 Å². The molecule has 0 unspecified atom stereocenters. The molecule has 3 aromatic rings. The Labute approximate surface area is 209 Å². The van der Waals surface area contributed by atoms with Gasteiger partial charge in [0.2, 0.25) is 0 Å². The lowest BCUT2D eigenvalue weighted by atomic mass is 9.88. The molecule has 1 aromatic heterocycles. The molecule has 2 aromatic carbocycles. The Morgan fingerprint density at radius 1 is 1.14 bits per heavy atom. The smallest absolute Gasteiger partial charge is 0.278 e. The second-order valence-corrected chi connectivity index (χ2v) is 10.2. The van der Waals surface area contributed by atoms with Crippen molar-refractivity contribution in [3.8, 4) is 11.5 Å². The maximum atomic E-state index is 14.7. The van der Waals surface area contributed by atoms with E-state index in [0.717, 1.165) is 69.2 Å². The number of halogens is 2. The van der Waals surface area contributed by atoms with E-state index in [1.54, 1.807) is 19.1 Å². The molecule has 0 aliphatic carbocycles. The van der Waals surface area contributed by atoms with E-state index in [-0.39, 0.29) is 0 Å². The van der Waals surface area contributed by atoms with Crippen LogP contribution in [-0.2, 0) is 23.6 Å². The van der Waals surface area contributed by atoms with Crippen LogP contribution in [0, 0.1) is 5.82 Å². The molecule has 4 heterocycles. The Morgan fingerprint density at radius 3 is 2.71 bits per heavy atom. The van der Waals surface area contributed by atoms with Crippen molar-refractivity contribution < 1.29 is 18.6 Å². The van der Waals surface area contributed by atoms with Gasteiger partial charge in [-0.15, -0.1) is 0 Å². The number of nitrogens with zero attached hydrogens (tertiary/aromatic N) is 3. The zero-order chi connectivity index (χ0) is 24.0. The fraction of sp³-hybridized carbons (Fsp3) is 0.444. The Hall–Kier alpha value is -2.61. The number of para-hydroxylation sites is 1. The van der Waals surface area contributed by atoms with Gasteiger partial charge in [0, 0.05) is 36.5 Å². The molecule has 2 atom stereocenters. The molecular formula is C27H29ClFN3O3. The van der Waals surface area contributed by atoms with E-state index >= 15 is 0 Å². The first kappa shape index (κ1) is 22.8. The number of rotatable bonds is 6. The van der Waals surface area contributed by atoms with Gasteiger partial charge in [-0.2, -0.15) is 0 Å². The van der Waals surface area contributed by atoms with E-state index in [9.17, 15) is 4.39 Å². The van der Waals surface area contributed by atoms with Crippen molar-refractivity contribution in [1.29, 1.82) is 0 Å². The van der Waals surface area contributed by atoms with Gasteiger partial charge in [0.1, 0.15) is 11.6 Å². The zero-order valence-corrected chi connectivity index (χ0v) is 20.5. The summed E-state index contributed by atoms with van der Waals surface area (Å²) in [7, 11) is 0.